The van der Waals surface area contributed by atoms with Crippen LogP contribution in [0.4, 0.5) is 10.5 Å². The Labute approximate surface area is 157 Å². The van der Waals surface area contributed by atoms with Crippen LogP contribution in [0.1, 0.15) is 12.5 Å². The van der Waals surface area contributed by atoms with Gasteiger partial charge in [-0.05, 0) is 43.2 Å². The number of hydrogen-bond acceptors (Lipinski definition) is 3. The molecular formula is C18H20Cl2N2O3. The molecule has 2 aromatic carbocycles. The minimum absolute atomic E-state index is 0.0475. The second-order valence-electron chi connectivity index (χ2n) is 5.73. The largest absolute Gasteiger partial charge is 0.508 e. The van der Waals surface area contributed by atoms with Gasteiger partial charge in [0.2, 0.25) is 0 Å². The molecule has 5 nitrogen and oxygen atoms in total. The number of benzene rings is 2. The monoisotopic (exact) mass is 382 g/mol. The fourth-order valence-electron chi connectivity index (χ4n) is 2.35. The summed E-state index contributed by atoms with van der Waals surface area (Å²) < 4.78 is 5.09. The summed E-state index contributed by atoms with van der Waals surface area (Å²) in [5, 5.41) is 12.8. The van der Waals surface area contributed by atoms with Crippen LogP contribution in [-0.4, -0.2) is 36.2 Å². The number of amides is 2. The van der Waals surface area contributed by atoms with Crippen LogP contribution in [0.15, 0.2) is 36.4 Å². The predicted octanol–water partition coefficient (Wildman–Crippen LogP) is 4.80. The molecule has 2 amide bonds. The van der Waals surface area contributed by atoms with Crippen molar-refractivity contribution in [3.63, 3.8) is 0 Å². The molecule has 0 fully saturated rings. The minimum Gasteiger partial charge on any atom is -0.508 e. The Bertz CT molecular complexity index is 727. The van der Waals surface area contributed by atoms with Gasteiger partial charge >= 0.3 is 6.03 Å². The van der Waals surface area contributed by atoms with Gasteiger partial charge < -0.3 is 20.1 Å². The van der Waals surface area contributed by atoms with Crippen molar-refractivity contribution in [2.24, 2.45) is 0 Å². The third-order valence-electron chi connectivity index (χ3n) is 3.90. The van der Waals surface area contributed by atoms with E-state index in [1.54, 1.807) is 36.2 Å². The van der Waals surface area contributed by atoms with Crippen molar-refractivity contribution < 1.29 is 14.6 Å². The maximum Gasteiger partial charge on any atom is 0.321 e. The van der Waals surface area contributed by atoms with Gasteiger partial charge in [-0.3, -0.25) is 0 Å². The molecule has 0 saturated carbocycles. The molecule has 0 bridgehead atoms. The van der Waals surface area contributed by atoms with E-state index in [2.05, 4.69) is 5.32 Å². The molecule has 0 saturated heterocycles. The van der Waals surface area contributed by atoms with Crippen molar-refractivity contribution in [2.75, 3.05) is 19.5 Å². The summed E-state index contributed by atoms with van der Waals surface area (Å²) >= 11 is 12.2. The number of phenolic OH excluding ortho intramolecular Hbond substituents is 1. The number of methoxy groups -OCH3 is 1. The highest BCUT2D eigenvalue weighted by Gasteiger charge is 2.17. The summed E-state index contributed by atoms with van der Waals surface area (Å²) in [7, 11) is 3.19. The molecule has 7 heteroatoms. The highest BCUT2D eigenvalue weighted by molar-refractivity contribution is 6.37. The lowest BCUT2D eigenvalue weighted by atomic mass is 10.1. The summed E-state index contributed by atoms with van der Waals surface area (Å²) in [5.41, 5.74) is 1.52. The Kier molecular flexibility index (Phi) is 6.39. The molecule has 0 spiro atoms. The fourth-order valence-corrected chi connectivity index (χ4v) is 2.99. The van der Waals surface area contributed by atoms with Crippen molar-refractivity contribution in [1.82, 2.24) is 4.90 Å². The normalized spacial score (nSPS) is 11.7. The Hall–Kier alpha value is -2.11. The number of halogens is 2. The van der Waals surface area contributed by atoms with E-state index < -0.39 is 0 Å². The van der Waals surface area contributed by atoms with Crippen molar-refractivity contribution >= 4 is 34.9 Å². The Balaban J connectivity index is 2.03. The molecule has 134 valence electrons. The van der Waals surface area contributed by atoms with Gasteiger partial charge in [-0.25, -0.2) is 4.79 Å². The van der Waals surface area contributed by atoms with Crippen molar-refractivity contribution in [2.45, 2.75) is 19.4 Å². The molecule has 0 heterocycles. The number of carbonyl (C=O) groups excluding carboxylic acids is 1. The second-order valence-corrected chi connectivity index (χ2v) is 6.55. The number of anilines is 1. The molecule has 0 aliphatic heterocycles. The number of likely N-dealkylation sites (N-methyl/N-ethyl adjacent to an activating group) is 1. The van der Waals surface area contributed by atoms with Crippen LogP contribution >= 0.6 is 23.2 Å². The summed E-state index contributed by atoms with van der Waals surface area (Å²) in [6, 6.07) is 9.77. The minimum atomic E-state index is -0.274. The zero-order valence-corrected chi connectivity index (χ0v) is 15.7. The number of aromatic hydroxyl groups is 1. The van der Waals surface area contributed by atoms with E-state index in [1.165, 1.54) is 7.11 Å². The number of urea groups is 1. The molecule has 0 aliphatic carbocycles. The zero-order chi connectivity index (χ0) is 18.6. The zero-order valence-electron chi connectivity index (χ0n) is 14.2. The summed E-state index contributed by atoms with van der Waals surface area (Å²) in [4.78, 5) is 14.0. The van der Waals surface area contributed by atoms with E-state index in [1.807, 2.05) is 19.1 Å². The van der Waals surface area contributed by atoms with Crippen molar-refractivity contribution in [3.8, 4) is 11.5 Å². The standard InChI is InChI=1S/C18H20Cl2N2O3/c1-11(8-12-4-6-14(23)7-5-12)22(2)18(24)21-13-9-15(19)17(25-3)16(20)10-13/h4-7,9-11,23H,8H2,1-3H3,(H,21,24). The molecule has 1 atom stereocenters. The topological polar surface area (TPSA) is 61.8 Å². The number of ether oxygens (including phenoxy) is 1. The van der Waals surface area contributed by atoms with E-state index in [4.69, 9.17) is 27.9 Å². The Morgan fingerprint density at radius 1 is 1.24 bits per heavy atom. The third kappa shape index (κ3) is 4.94. The van der Waals surface area contributed by atoms with Gasteiger partial charge in [-0.15, -0.1) is 0 Å². The molecule has 0 aliphatic rings. The first-order chi connectivity index (χ1) is 11.8. The van der Waals surface area contributed by atoms with Crippen molar-refractivity contribution in [3.05, 3.63) is 52.0 Å². The van der Waals surface area contributed by atoms with Gasteiger partial charge in [-0.1, -0.05) is 35.3 Å². The molecule has 2 N–H and O–H groups in total. The van der Waals surface area contributed by atoms with Gasteiger partial charge in [0.15, 0.2) is 5.75 Å². The summed E-state index contributed by atoms with van der Waals surface area (Å²) in [5.74, 6) is 0.589. The van der Waals surface area contributed by atoms with Gasteiger partial charge in [-0.2, -0.15) is 0 Å². The average molecular weight is 383 g/mol. The summed E-state index contributed by atoms with van der Waals surface area (Å²) in [6.45, 7) is 1.94. The molecule has 25 heavy (non-hydrogen) atoms. The number of hydrogen-bond donors (Lipinski definition) is 2. The first-order valence-electron chi connectivity index (χ1n) is 7.66. The molecule has 0 radical (unpaired) electrons. The molecule has 0 aromatic heterocycles. The van der Waals surface area contributed by atoms with Crippen molar-refractivity contribution in [1.29, 1.82) is 0 Å². The van der Waals surface area contributed by atoms with Crippen LogP contribution in [0.2, 0.25) is 10.0 Å². The van der Waals surface area contributed by atoms with E-state index in [0.717, 1.165) is 5.56 Å². The fraction of sp³-hybridized carbons (Fsp3) is 0.278. The molecule has 2 aromatic rings. The maximum atomic E-state index is 12.4. The van der Waals surface area contributed by atoms with Crippen LogP contribution in [0.25, 0.3) is 0 Å². The quantitative estimate of drug-likeness (QED) is 0.780. The second kappa shape index (κ2) is 8.32. The lowest BCUT2D eigenvalue weighted by molar-refractivity contribution is 0.207. The average Bonchev–Trinajstić information content (AvgIpc) is 2.56. The first-order valence-corrected chi connectivity index (χ1v) is 8.42. The first kappa shape index (κ1) is 19.2. The lowest BCUT2D eigenvalue weighted by Gasteiger charge is -2.25. The maximum absolute atomic E-state index is 12.4. The Morgan fingerprint density at radius 2 is 1.80 bits per heavy atom. The van der Waals surface area contributed by atoms with Crippen LogP contribution in [0, 0.1) is 0 Å². The van der Waals surface area contributed by atoms with Crippen LogP contribution in [0.5, 0.6) is 11.5 Å². The SMILES string of the molecule is COc1c(Cl)cc(NC(=O)N(C)C(C)Cc2ccc(O)cc2)cc1Cl. The lowest BCUT2D eigenvalue weighted by Crippen LogP contribution is -2.39. The smallest absolute Gasteiger partial charge is 0.321 e. The van der Waals surface area contributed by atoms with Crippen LogP contribution < -0.4 is 10.1 Å². The molecular weight excluding hydrogens is 363 g/mol. The van der Waals surface area contributed by atoms with Crippen LogP contribution in [0.3, 0.4) is 0 Å². The molecule has 1 unspecified atom stereocenters. The van der Waals surface area contributed by atoms with E-state index >= 15 is 0 Å². The van der Waals surface area contributed by atoms with Gasteiger partial charge in [0, 0.05) is 18.8 Å². The number of nitrogens with one attached hydrogen (secondary N) is 1. The van der Waals surface area contributed by atoms with E-state index in [0.29, 0.717) is 27.9 Å². The number of rotatable bonds is 5. The highest BCUT2D eigenvalue weighted by Crippen LogP contribution is 2.35. The van der Waals surface area contributed by atoms with Gasteiger partial charge in [0.05, 0.1) is 17.2 Å². The predicted molar refractivity (Wildman–Crippen MR) is 101 cm³/mol. The van der Waals surface area contributed by atoms with Gasteiger partial charge in [0.1, 0.15) is 5.75 Å². The Morgan fingerprint density at radius 3 is 2.32 bits per heavy atom. The highest BCUT2D eigenvalue weighted by atomic mass is 35.5. The van der Waals surface area contributed by atoms with Gasteiger partial charge in [0.25, 0.3) is 0 Å². The summed E-state index contributed by atoms with van der Waals surface area (Å²) in [6.07, 6.45) is 0.661. The molecule has 2 rings (SSSR count). The number of carbonyl (C=O) groups is 1. The number of nitrogens with zero attached hydrogens (tertiary/aromatic N) is 1. The third-order valence-corrected chi connectivity index (χ3v) is 4.46. The number of phenols is 1. The van der Waals surface area contributed by atoms with E-state index in [9.17, 15) is 9.90 Å². The van der Waals surface area contributed by atoms with E-state index in [-0.39, 0.29) is 17.8 Å². The van der Waals surface area contributed by atoms with Crippen LogP contribution in [-0.2, 0) is 6.42 Å².